The fourth-order valence-corrected chi connectivity index (χ4v) is 4.62. The van der Waals surface area contributed by atoms with Crippen LogP contribution in [0.3, 0.4) is 0 Å². The van der Waals surface area contributed by atoms with Crippen LogP contribution in [0.15, 0.2) is 57.7 Å². The number of amides is 1. The van der Waals surface area contributed by atoms with Gasteiger partial charge in [0.25, 0.3) is 5.91 Å². The van der Waals surface area contributed by atoms with Gasteiger partial charge in [0.2, 0.25) is 5.76 Å². The number of fused-ring (bicyclic) bond motifs is 2. The summed E-state index contributed by atoms with van der Waals surface area (Å²) in [5.41, 5.74) is 1.83. The Bertz CT molecular complexity index is 1340. The number of hydrogen-bond donors (Lipinski definition) is 1. The van der Waals surface area contributed by atoms with Crippen molar-refractivity contribution in [3.63, 3.8) is 0 Å². The smallest absolute Gasteiger partial charge is 0.297 e. The Morgan fingerprint density at radius 2 is 1.90 bits per heavy atom. The maximum atomic E-state index is 13.4. The Morgan fingerprint density at radius 3 is 2.62 bits per heavy atom. The normalized spacial score (nSPS) is 15.9. The molecule has 6 nitrogen and oxygen atoms in total. The van der Waals surface area contributed by atoms with E-state index >= 15 is 0 Å². The zero-order valence-electron chi connectivity index (χ0n) is 15.7. The van der Waals surface area contributed by atoms with E-state index in [0.717, 1.165) is 10.6 Å². The molecule has 0 saturated carbocycles. The first-order chi connectivity index (χ1) is 14.0. The minimum absolute atomic E-state index is 0.0209. The Balaban J connectivity index is 1.84. The number of carbonyl (C=O) groups excluding carboxylic acids is 1. The highest BCUT2D eigenvalue weighted by Crippen LogP contribution is 2.43. The van der Waals surface area contributed by atoms with Crippen LogP contribution in [0.1, 0.15) is 38.3 Å². The third kappa shape index (κ3) is 2.58. The highest BCUT2D eigenvalue weighted by atomic mass is 32.1. The number of thiazole rings is 1. The lowest BCUT2D eigenvalue weighted by atomic mass is 9.98. The molecule has 0 radical (unpaired) electrons. The summed E-state index contributed by atoms with van der Waals surface area (Å²) < 4.78 is 5.89. The van der Waals surface area contributed by atoms with Crippen LogP contribution in [0.25, 0.3) is 11.0 Å². The van der Waals surface area contributed by atoms with Crippen LogP contribution < -0.4 is 10.3 Å². The Hall–Kier alpha value is -3.45. The molecule has 1 amide bonds. The lowest BCUT2D eigenvalue weighted by molar-refractivity contribution is 0.0971. The van der Waals surface area contributed by atoms with E-state index in [1.807, 2.05) is 13.8 Å². The molecule has 3 heterocycles. The molecule has 1 unspecified atom stereocenters. The third-order valence-electron chi connectivity index (χ3n) is 5.19. The van der Waals surface area contributed by atoms with Crippen LogP contribution in [0.5, 0.6) is 5.75 Å². The summed E-state index contributed by atoms with van der Waals surface area (Å²) >= 11 is 1.39. The van der Waals surface area contributed by atoms with Crippen LogP contribution in [0.2, 0.25) is 0 Å². The van der Waals surface area contributed by atoms with Crippen molar-refractivity contribution in [3.8, 4) is 5.75 Å². The second kappa shape index (κ2) is 6.28. The summed E-state index contributed by atoms with van der Waals surface area (Å²) in [7, 11) is 0. The fourth-order valence-electron chi connectivity index (χ4n) is 3.69. The van der Waals surface area contributed by atoms with Gasteiger partial charge >= 0.3 is 0 Å². The molecule has 1 aliphatic heterocycles. The molecule has 0 spiro atoms. The SMILES string of the molecule is Cc1nc(N2C(=O)c3oc4ccccc4c(=O)c3C2c2cccc(O)c2)sc1C. The zero-order valence-corrected chi connectivity index (χ0v) is 16.5. The van der Waals surface area contributed by atoms with Gasteiger partial charge < -0.3 is 9.52 Å². The minimum Gasteiger partial charge on any atom is -0.508 e. The summed E-state index contributed by atoms with van der Waals surface area (Å²) in [5.74, 6) is -0.336. The number of phenols is 1. The molecule has 1 aliphatic rings. The number of benzene rings is 2. The standard InChI is InChI=1S/C22H16N2O4S/c1-11-12(2)29-22(23-11)24-18(13-6-5-7-14(25)10-13)17-19(26)15-8-3-4-9-16(15)28-20(17)21(24)27/h3-10,18,25H,1-2H3. The fraction of sp³-hybridized carbons (Fsp3) is 0.136. The van der Waals surface area contributed by atoms with Crippen LogP contribution in [-0.4, -0.2) is 16.0 Å². The summed E-state index contributed by atoms with van der Waals surface area (Å²) in [4.78, 5) is 33.8. The molecule has 4 aromatic rings. The van der Waals surface area contributed by atoms with Gasteiger partial charge in [-0.3, -0.25) is 14.5 Å². The van der Waals surface area contributed by atoms with E-state index in [9.17, 15) is 14.7 Å². The van der Waals surface area contributed by atoms with Crippen LogP contribution in [0.4, 0.5) is 5.13 Å². The molecule has 29 heavy (non-hydrogen) atoms. The summed E-state index contributed by atoms with van der Waals surface area (Å²) in [6.07, 6.45) is 0. The van der Waals surface area contributed by atoms with E-state index in [1.165, 1.54) is 16.2 Å². The third-order valence-corrected chi connectivity index (χ3v) is 6.26. The van der Waals surface area contributed by atoms with E-state index in [2.05, 4.69) is 4.98 Å². The number of aromatic hydroxyl groups is 1. The van der Waals surface area contributed by atoms with Crippen molar-refractivity contribution >= 4 is 33.3 Å². The summed E-state index contributed by atoms with van der Waals surface area (Å²) in [6, 6.07) is 12.7. The molecule has 7 heteroatoms. The first kappa shape index (κ1) is 17.6. The molecule has 0 bridgehead atoms. The molecule has 2 aromatic carbocycles. The van der Waals surface area contributed by atoms with Gasteiger partial charge in [-0.25, -0.2) is 4.98 Å². The van der Waals surface area contributed by atoms with Gasteiger partial charge in [-0.05, 0) is 43.7 Å². The van der Waals surface area contributed by atoms with Crippen molar-refractivity contribution in [2.75, 3.05) is 4.90 Å². The predicted octanol–water partition coefficient (Wildman–Crippen LogP) is 4.32. The van der Waals surface area contributed by atoms with Gasteiger partial charge in [0, 0.05) is 4.88 Å². The topological polar surface area (TPSA) is 83.6 Å². The van der Waals surface area contributed by atoms with Gasteiger partial charge in [-0.2, -0.15) is 0 Å². The minimum atomic E-state index is -0.726. The second-order valence-corrected chi connectivity index (χ2v) is 8.16. The van der Waals surface area contributed by atoms with Crippen LogP contribution >= 0.6 is 11.3 Å². The lowest BCUT2D eigenvalue weighted by Crippen LogP contribution is -2.29. The van der Waals surface area contributed by atoms with Crippen molar-refractivity contribution in [1.82, 2.24) is 4.98 Å². The monoisotopic (exact) mass is 404 g/mol. The first-order valence-corrected chi connectivity index (χ1v) is 9.89. The van der Waals surface area contributed by atoms with Gasteiger partial charge in [0.05, 0.1) is 22.7 Å². The molecular weight excluding hydrogens is 388 g/mol. The zero-order chi connectivity index (χ0) is 20.3. The number of rotatable bonds is 2. The molecule has 0 saturated heterocycles. The second-order valence-electron chi connectivity index (χ2n) is 6.98. The number of para-hydroxylation sites is 1. The maximum absolute atomic E-state index is 13.4. The number of anilines is 1. The number of nitrogens with zero attached hydrogens (tertiary/aromatic N) is 2. The average molecular weight is 404 g/mol. The highest BCUT2D eigenvalue weighted by molar-refractivity contribution is 7.15. The van der Waals surface area contributed by atoms with E-state index < -0.39 is 11.9 Å². The highest BCUT2D eigenvalue weighted by Gasteiger charge is 2.45. The maximum Gasteiger partial charge on any atom is 0.297 e. The van der Waals surface area contributed by atoms with Crippen molar-refractivity contribution in [1.29, 1.82) is 0 Å². The molecule has 144 valence electrons. The van der Waals surface area contributed by atoms with Crippen molar-refractivity contribution in [2.45, 2.75) is 19.9 Å². The van der Waals surface area contributed by atoms with E-state index in [4.69, 9.17) is 4.42 Å². The van der Waals surface area contributed by atoms with Gasteiger partial charge in [0.15, 0.2) is 10.6 Å². The van der Waals surface area contributed by atoms with Crippen molar-refractivity contribution in [3.05, 3.63) is 86.2 Å². The van der Waals surface area contributed by atoms with Gasteiger partial charge in [-0.1, -0.05) is 24.3 Å². The lowest BCUT2D eigenvalue weighted by Gasteiger charge is -2.22. The van der Waals surface area contributed by atoms with E-state index in [1.54, 1.807) is 48.5 Å². The van der Waals surface area contributed by atoms with Crippen molar-refractivity contribution in [2.24, 2.45) is 0 Å². The number of carbonyl (C=O) groups is 1. The van der Waals surface area contributed by atoms with Crippen LogP contribution in [0, 0.1) is 13.8 Å². The number of aromatic nitrogens is 1. The molecular formula is C22H16N2O4S. The molecule has 2 aromatic heterocycles. The Kier molecular flexibility index (Phi) is 3.82. The summed E-state index contributed by atoms with van der Waals surface area (Å²) in [6.45, 7) is 3.81. The predicted molar refractivity (Wildman–Crippen MR) is 111 cm³/mol. The van der Waals surface area contributed by atoms with E-state index in [0.29, 0.717) is 21.7 Å². The molecule has 5 rings (SSSR count). The van der Waals surface area contributed by atoms with Crippen LogP contribution in [-0.2, 0) is 0 Å². The molecule has 1 atom stereocenters. The number of aryl methyl sites for hydroxylation is 2. The number of hydrogen-bond acceptors (Lipinski definition) is 6. The van der Waals surface area contributed by atoms with Crippen molar-refractivity contribution < 1.29 is 14.3 Å². The van der Waals surface area contributed by atoms with Gasteiger partial charge in [0.1, 0.15) is 11.3 Å². The quantitative estimate of drug-likeness (QED) is 0.538. The Labute approximate surface area is 169 Å². The summed E-state index contributed by atoms with van der Waals surface area (Å²) in [5, 5.41) is 10.9. The van der Waals surface area contributed by atoms with Gasteiger partial charge in [-0.15, -0.1) is 11.3 Å². The number of phenolic OH excluding ortho intramolecular Hbond substituents is 1. The molecule has 1 N–H and O–H groups in total. The molecule has 0 aliphatic carbocycles. The largest absolute Gasteiger partial charge is 0.508 e. The first-order valence-electron chi connectivity index (χ1n) is 9.08. The Morgan fingerprint density at radius 1 is 1.10 bits per heavy atom. The average Bonchev–Trinajstić information content (AvgIpc) is 3.19. The molecule has 0 fully saturated rings. The van der Waals surface area contributed by atoms with E-state index in [-0.39, 0.29) is 22.5 Å².